The van der Waals surface area contributed by atoms with Crippen LogP contribution in [-0.4, -0.2) is 25.0 Å². The Morgan fingerprint density at radius 2 is 1.79 bits per heavy atom. The molecule has 0 saturated heterocycles. The molecular formula is C23H25N2O3S+. The summed E-state index contributed by atoms with van der Waals surface area (Å²) >= 11 is 1.68. The lowest BCUT2D eigenvalue weighted by molar-refractivity contribution is -0.675. The average molecular weight is 410 g/mol. The second-order valence-electron chi connectivity index (χ2n) is 6.61. The van der Waals surface area contributed by atoms with Crippen LogP contribution in [0.3, 0.4) is 0 Å². The lowest BCUT2D eigenvalue weighted by Gasteiger charge is -2.14. The van der Waals surface area contributed by atoms with Crippen LogP contribution in [0.1, 0.15) is 40.2 Å². The Morgan fingerprint density at radius 3 is 2.45 bits per heavy atom. The third kappa shape index (κ3) is 6.01. The van der Waals surface area contributed by atoms with Crippen LogP contribution in [0.5, 0.6) is 0 Å². The van der Waals surface area contributed by atoms with Crippen molar-refractivity contribution in [2.45, 2.75) is 19.4 Å². The van der Waals surface area contributed by atoms with E-state index in [1.54, 1.807) is 35.6 Å². The average Bonchev–Trinajstić information content (AvgIpc) is 3.28. The van der Waals surface area contributed by atoms with E-state index in [0.717, 1.165) is 12.0 Å². The maximum Gasteiger partial charge on any atom is 0.338 e. The number of carbonyl (C=O) groups excluding carboxylic acids is 2. The molecule has 0 aliphatic carbocycles. The molecule has 0 bridgehead atoms. The van der Waals surface area contributed by atoms with E-state index >= 15 is 0 Å². The number of quaternary nitrogens is 1. The van der Waals surface area contributed by atoms with Gasteiger partial charge in [-0.25, -0.2) is 4.79 Å². The van der Waals surface area contributed by atoms with Crippen LogP contribution in [0.2, 0.25) is 0 Å². The van der Waals surface area contributed by atoms with Crippen LogP contribution in [-0.2, 0) is 9.53 Å². The summed E-state index contributed by atoms with van der Waals surface area (Å²) in [7, 11) is 0. The molecule has 5 nitrogen and oxygen atoms in total. The topological polar surface area (TPSA) is 72.0 Å². The summed E-state index contributed by atoms with van der Waals surface area (Å²) in [5, 5.41) is 6.97. The summed E-state index contributed by atoms with van der Waals surface area (Å²) in [6, 6.07) is 21.1. The predicted molar refractivity (Wildman–Crippen MR) is 115 cm³/mol. The van der Waals surface area contributed by atoms with Gasteiger partial charge in [0.2, 0.25) is 0 Å². The molecule has 0 fully saturated rings. The maximum absolute atomic E-state index is 12.4. The molecule has 0 radical (unpaired) electrons. The third-order valence-electron chi connectivity index (χ3n) is 4.39. The summed E-state index contributed by atoms with van der Waals surface area (Å²) in [6.07, 6.45) is 0.784. The first kappa shape index (κ1) is 20.8. The summed E-state index contributed by atoms with van der Waals surface area (Å²) in [6.45, 7) is 2.64. The maximum atomic E-state index is 12.4. The summed E-state index contributed by atoms with van der Waals surface area (Å²) in [5.74, 6) is -0.441. The lowest BCUT2D eigenvalue weighted by Crippen LogP contribution is -2.87. The van der Waals surface area contributed by atoms with Gasteiger partial charge in [-0.05, 0) is 42.1 Å². The number of carbonyl (C=O) groups is 2. The van der Waals surface area contributed by atoms with E-state index in [9.17, 15) is 9.59 Å². The molecule has 3 N–H and O–H groups in total. The Bertz CT molecular complexity index is 909. The van der Waals surface area contributed by atoms with E-state index in [1.807, 2.05) is 41.9 Å². The Kier molecular flexibility index (Phi) is 7.55. The first-order valence-corrected chi connectivity index (χ1v) is 10.5. The van der Waals surface area contributed by atoms with Crippen LogP contribution in [0.4, 0.5) is 5.69 Å². The minimum atomic E-state index is -0.347. The van der Waals surface area contributed by atoms with Crippen molar-refractivity contribution in [3.05, 3.63) is 88.1 Å². The molecule has 1 aromatic heterocycles. The second kappa shape index (κ2) is 10.5. The zero-order chi connectivity index (χ0) is 20.5. The highest BCUT2D eigenvalue weighted by molar-refractivity contribution is 7.10. The summed E-state index contributed by atoms with van der Waals surface area (Å²) in [5.41, 5.74) is 2.30. The Labute approximate surface area is 174 Å². The molecule has 6 heteroatoms. The molecule has 150 valence electrons. The van der Waals surface area contributed by atoms with Crippen molar-refractivity contribution in [2.24, 2.45) is 0 Å². The van der Waals surface area contributed by atoms with Gasteiger partial charge in [-0.1, -0.05) is 43.3 Å². The van der Waals surface area contributed by atoms with E-state index in [4.69, 9.17) is 4.74 Å². The standard InChI is InChI=1S/C23H24N2O3S/c1-2-14-28-23(27)18-10-12-19(13-11-18)25-21(26)16-24-22(20-9-6-15-29-20)17-7-4-3-5-8-17/h3-13,15,22,24H,2,14,16H2,1H3,(H,25,26)/p+1/t22-/m1/s1. The highest BCUT2D eigenvalue weighted by atomic mass is 32.1. The first-order valence-electron chi connectivity index (χ1n) is 9.66. The van der Waals surface area contributed by atoms with E-state index < -0.39 is 0 Å². The monoisotopic (exact) mass is 409 g/mol. The molecule has 3 rings (SSSR count). The van der Waals surface area contributed by atoms with Crippen LogP contribution in [0, 0.1) is 0 Å². The van der Waals surface area contributed by atoms with E-state index in [1.165, 1.54) is 4.88 Å². The van der Waals surface area contributed by atoms with Crippen molar-refractivity contribution < 1.29 is 19.6 Å². The van der Waals surface area contributed by atoms with Crippen molar-refractivity contribution in [3.8, 4) is 0 Å². The fourth-order valence-corrected chi connectivity index (χ4v) is 3.80. The molecule has 0 aliphatic heterocycles. The number of esters is 1. The van der Waals surface area contributed by atoms with Gasteiger partial charge in [-0.3, -0.25) is 4.79 Å². The SMILES string of the molecule is CCCOC(=O)c1ccc(NC(=O)C[NH2+][C@H](c2ccccc2)c2cccs2)cc1. The van der Waals surface area contributed by atoms with Crippen molar-refractivity contribution in [1.82, 2.24) is 0 Å². The zero-order valence-corrected chi connectivity index (χ0v) is 17.2. The summed E-state index contributed by atoms with van der Waals surface area (Å²) < 4.78 is 5.11. The number of hydrogen-bond acceptors (Lipinski definition) is 4. The molecule has 0 spiro atoms. The van der Waals surface area contributed by atoms with Gasteiger partial charge in [0.1, 0.15) is 6.04 Å². The van der Waals surface area contributed by atoms with Gasteiger partial charge < -0.3 is 15.4 Å². The van der Waals surface area contributed by atoms with Gasteiger partial charge in [-0.15, -0.1) is 11.3 Å². The molecule has 0 saturated carbocycles. The molecule has 0 unspecified atom stereocenters. The van der Waals surface area contributed by atoms with Gasteiger partial charge in [0.25, 0.3) is 5.91 Å². The molecule has 1 heterocycles. The highest BCUT2D eigenvalue weighted by Crippen LogP contribution is 2.22. The van der Waals surface area contributed by atoms with E-state index in [2.05, 4.69) is 23.5 Å². The minimum absolute atomic E-state index is 0.0812. The van der Waals surface area contributed by atoms with Crippen molar-refractivity contribution in [2.75, 3.05) is 18.5 Å². The molecule has 3 aromatic rings. The quantitative estimate of drug-likeness (QED) is 0.531. The van der Waals surface area contributed by atoms with Gasteiger partial charge >= 0.3 is 5.97 Å². The van der Waals surface area contributed by atoms with Crippen LogP contribution < -0.4 is 10.6 Å². The van der Waals surface area contributed by atoms with Crippen molar-refractivity contribution in [3.63, 3.8) is 0 Å². The molecule has 2 aromatic carbocycles. The predicted octanol–water partition coefficient (Wildman–Crippen LogP) is 3.61. The molecule has 1 amide bonds. The number of rotatable bonds is 9. The lowest BCUT2D eigenvalue weighted by atomic mass is 10.1. The largest absolute Gasteiger partial charge is 0.462 e. The smallest absolute Gasteiger partial charge is 0.338 e. The fourth-order valence-electron chi connectivity index (χ4n) is 2.95. The number of anilines is 1. The van der Waals surface area contributed by atoms with Crippen LogP contribution >= 0.6 is 11.3 Å². The van der Waals surface area contributed by atoms with Gasteiger partial charge in [0.05, 0.1) is 17.0 Å². The Morgan fingerprint density at radius 1 is 1.03 bits per heavy atom. The molecule has 29 heavy (non-hydrogen) atoms. The Hall–Kier alpha value is -2.96. The number of ether oxygens (including phenoxy) is 1. The molecule has 0 aliphatic rings. The molecule has 1 atom stereocenters. The molecular weight excluding hydrogens is 384 g/mol. The van der Waals surface area contributed by atoms with E-state index in [-0.39, 0.29) is 24.5 Å². The van der Waals surface area contributed by atoms with E-state index in [0.29, 0.717) is 17.9 Å². The fraction of sp³-hybridized carbons (Fsp3) is 0.217. The van der Waals surface area contributed by atoms with Crippen LogP contribution in [0.25, 0.3) is 0 Å². The minimum Gasteiger partial charge on any atom is -0.462 e. The van der Waals surface area contributed by atoms with Crippen molar-refractivity contribution in [1.29, 1.82) is 0 Å². The van der Waals surface area contributed by atoms with Gasteiger partial charge in [0.15, 0.2) is 6.54 Å². The Balaban J connectivity index is 1.58. The highest BCUT2D eigenvalue weighted by Gasteiger charge is 2.19. The number of benzene rings is 2. The van der Waals surface area contributed by atoms with Crippen LogP contribution in [0.15, 0.2) is 72.1 Å². The number of amides is 1. The van der Waals surface area contributed by atoms with Gasteiger partial charge in [-0.2, -0.15) is 0 Å². The first-order chi connectivity index (χ1) is 14.2. The number of nitrogens with two attached hydrogens (primary N) is 1. The second-order valence-corrected chi connectivity index (χ2v) is 7.58. The normalized spacial score (nSPS) is 11.6. The zero-order valence-electron chi connectivity index (χ0n) is 16.3. The van der Waals surface area contributed by atoms with Gasteiger partial charge in [0, 0.05) is 11.3 Å². The number of nitrogens with one attached hydrogen (secondary N) is 1. The van der Waals surface area contributed by atoms with Crippen molar-refractivity contribution >= 4 is 28.9 Å². The number of hydrogen-bond donors (Lipinski definition) is 2. The number of thiophene rings is 1. The third-order valence-corrected chi connectivity index (χ3v) is 5.34. The summed E-state index contributed by atoms with van der Waals surface area (Å²) in [4.78, 5) is 25.5.